The van der Waals surface area contributed by atoms with Crippen LogP contribution in [0, 0.1) is 5.41 Å². The van der Waals surface area contributed by atoms with Crippen molar-refractivity contribution in [2.75, 3.05) is 6.54 Å². The Morgan fingerprint density at radius 2 is 1.82 bits per heavy atom. The van der Waals surface area contributed by atoms with E-state index in [4.69, 9.17) is 28.9 Å². The van der Waals surface area contributed by atoms with Crippen LogP contribution in [0.2, 0.25) is 10.0 Å². The lowest BCUT2D eigenvalue weighted by Gasteiger charge is -2.37. The van der Waals surface area contributed by atoms with Crippen molar-refractivity contribution in [3.05, 3.63) is 33.8 Å². The molecule has 0 aliphatic carbocycles. The molecule has 1 unspecified atom stereocenters. The molecule has 1 rings (SSSR count). The first-order chi connectivity index (χ1) is 7.69. The van der Waals surface area contributed by atoms with Crippen LogP contribution < -0.4 is 5.73 Å². The summed E-state index contributed by atoms with van der Waals surface area (Å²) in [7, 11) is 0. The Balaban J connectivity index is 3.07. The molecule has 0 spiro atoms. The average Bonchev–Trinajstić information content (AvgIpc) is 2.21. The lowest BCUT2D eigenvalue weighted by atomic mass is 9.74. The van der Waals surface area contributed by atoms with Gasteiger partial charge in [0.1, 0.15) is 5.67 Å². The lowest BCUT2D eigenvalue weighted by Crippen LogP contribution is -2.47. The Morgan fingerprint density at radius 1 is 1.24 bits per heavy atom. The smallest absolute Gasteiger partial charge is 0.132 e. The molecule has 4 heteroatoms. The predicted molar refractivity (Wildman–Crippen MR) is 72.5 cm³/mol. The maximum absolute atomic E-state index is 14.8. The van der Waals surface area contributed by atoms with Gasteiger partial charge in [-0.15, -0.1) is 0 Å². The third-order valence-corrected chi connectivity index (χ3v) is 3.75. The Kier molecular flexibility index (Phi) is 4.45. The quantitative estimate of drug-likeness (QED) is 0.878. The fourth-order valence-corrected chi connectivity index (χ4v) is 2.00. The molecule has 1 aromatic rings. The van der Waals surface area contributed by atoms with Gasteiger partial charge < -0.3 is 5.73 Å². The fraction of sp³-hybridized carbons (Fsp3) is 0.538. The second kappa shape index (κ2) is 5.13. The van der Waals surface area contributed by atoms with Crippen LogP contribution in [-0.2, 0) is 6.42 Å². The Morgan fingerprint density at radius 3 is 2.29 bits per heavy atom. The summed E-state index contributed by atoms with van der Waals surface area (Å²) in [5.41, 5.74) is 4.23. The molecule has 0 aliphatic heterocycles. The molecule has 0 aliphatic rings. The van der Waals surface area contributed by atoms with E-state index in [1.54, 1.807) is 18.2 Å². The van der Waals surface area contributed by atoms with Crippen molar-refractivity contribution in [2.24, 2.45) is 11.1 Å². The molecule has 0 radical (unpaired) electrons. The van der Waals surface area contributed by atoms with Gasteiger partial charge in [-0.3, -0.25) is 0 Å². The zero-order valence-electron chi connectivity index (χ0n) is 10.4. The van der Waals surface area contributed by atoms with Crippen LogP contribution in [0.15, 0.2) is 18.2 Å². The molecule has 0 bridgehead atoms. The van der Waals surface area contributed by atoms with Crippen molar-refractivity contribution in [1.29, 1.82) is 0 Å². The number of hydrogen-bond acceptors (Lipinski definition) is 1. The van der Waals surface area contributed by atoms with E-state index in [0.717, 1.165) is 0 Å². The molecule has 0 amide bonds. The van der Waals surface area contributed by atoms with Gasteiger partial charge in [-0.1, -0.05) is 44.0 Å². The van der Waals surface area contributed by atoms with E-state index in [1.807, 2.05) is 20.8 Å². The SMILES string of the molecule is CC(C)(C)C(F)(CN)Cc1cc(Cl)ccc1Cl. The number of nitrogens with two attached hydrogens (primary N) is 1. The lowest BCUT2D eigenvalue weighted by molar-refractivity contribution is 0.0382. The van der Waals surface area contributed by atoms with Gasteiger partial charge in [0, 0.05) is 23.0 Å². The van der Waals surface area contributed by atoms with E-state index in [1.165, 1.54) is 0 Å². The minimum Gasteiger partial charge on any atom is -0.327 e. The minimum atomic E-state index is -1.50. The molecular formula is C13H18Cl2FN. The topological polar surface area (TPSA) is 26.0 Å². The van der Waals surface area contributed by atoms with Crippen LogP contribution in [0.4, 0.5) is 4.39 Å². The summed E-state index contributed by atoms with van der Waals surface area (Å²) in [4.78, 5) is 0. The van der Waals surface area contributed by atoms with E-state index >= 15 is 0 Å². The van der Waals surface area contributed by atoms with Crippen LogP contribution in [0.3, 0.4) is 0 Å². The summed E-state index contributed by atoms with van der Waals surface area (Å²) in [6.07, 6.45) is 0.173. The van der Waals surface area contributed by atoms with E-state index in [2.05, 4.69) is 0 Å². The van der Waals surface area contributed by atoms with Gasteiger partial charge in [0.05, 0.1) is 0 Å². The normalized spacial score (nSPS) is 15.7. The van der Waals surface area contributed by atoms with Crippen LogP contribution in [0.25, 0.3) is 0 Å². The van der Waals surface area contributed by atoms with E-state index in [0.29, 0.717) is 15.6 Å². The predicted octanol–water partition coefficient (Wildman–Crippen LogP) is 4.25. The molecule has 0 saturated heterocycles. The van der Waals surface area contributed by atoms with Crippen molar-refractivity contribution < 1.29 is 4.39 Å². The molecule has 2 N–H and O–H groups in total. The van der Waals surface area contributed by atoms with Crippen molar-refractivity contribution in [3.63, 3.8) is 0 Å². The van der Waals surface area contributed by atoms with Crippen molar-refractivity contribution >= 4 is 23.2 Å². The first kappa shape index (κ1) is 14.7. The maximum Gasteiger partial charge on any atom is 0.132 e. The molecule has 0 aromatic heterocycles. The summed E-state index contributed by atoms with van der Waals surface area (Å²) < 4.78 is 14.8. The second-order valence-corrected chi connectivity index (χ2v) is 6.18. The number of hydrogen-bond donors (Lipinski definition) is 1. The highest BCUT2D eigenvalue weighted by Crippen LogP contribution is 2.38. The van der Waals surface area contributed by atoms with Gasteiger partial charge in [-0.25, -0.2) is 4.39 Å². The number of halogens is 3. The Labute approximate surface area is 112 Å². The third kappa shape index (κ3) is 3.34. The van der Waals surface area contributed by atoms with Crippen LogP contribution in [0.5, 0.6) is 0 Å². The summed E-state index contributed by atoms with van der Waals surface area (Å²) in [6, 6.07) is 5.06. The summed E-state index contributed by atoms with van der Waals surface area (Å²) in [5, 5.41) is 1.08. The van der Waals surface area contributed by atoms with E-state index in [9.17, 15) is 4.39 Å². The highest BCUT2D eigenvalue weighted by Gasteiger charge is 2.41. The molecule has 96 valence electrons. The Hall–Kier alpha value is -0.310. The zero-order valence-corrected chi connectivity index (χ0v) is 11.9. The van der Waals surface area contributed by atoms with Crippen molar-refractivity contribution in [1.82, 2.24) is 0 Å². The highest BCUT2D eigenvalue weighted by molar-refractivity contribution is 6.33. The highest BCUT2D eigenvalue weighted by atomic mass is 35.5. The van der Waals surface area contributed by atoms with Gasteiger partial charge in [0.25, 0.3) is 0 Å². The number of benzene rings is 1. The average molecular weight is 278 g/mol. The summed E-state index contributed by atoms with van der Waals surface area (Å²) in [6.45, 7) is 5.45. The first-order valence-corrected chi connectivity index (χ1v) is 6.28. The Bertz CT molecular complexity index is 401. The van der Waals surface area contributed by atoms with Gasteiger partial charge in [0.15, 0.2) is 0 Å². The van der Waals surface area contributed by atoms with E-state index in [-0.39, 0.29) is 13.0 Å². The van der Waals surface area contributed by atoms with Gasteiger partial charge in [-0.05, 0) is 29.2 Å². The molecule has 17 heavy (non-hydrogen) atoms. The molecule has 1 aromatic carbocycles. The van der Waals surface area contributed by atoms with Crippen LogP contribution in [-0.4, -0.2) is 12.2 Å². The maximum atomic E-state index is 14.8. The number of alkyl halides is 1. The van der Waals surface area contributed by atoms with E-state index < -0.39 is 11.1 Å². The monoisotopic (exact) mass is 277 g/mol. The number of rotatable bonds is 3. The van der Waals surface area contributed by atoms with Crippen molar-refractivity contribution in [2.45, 2.75) is 32.9 Å². The fourth-order valence-electron chi connectivity index (χ4n) is 1.62. The van der Waals surface area contributed by atoms with Gasteiger partial charge in [-0.2, -0.15) is 0 Å². The standard InChI is InChI=1S/C13H18Cl2FN/c1-12(2,3)13(16,8-17)7-9-6-10(14)4-5-11(9)15/h4-6H,7-8,17H2,1-3H3. The van der Waals surface area contributed by atoms with Gasteiger partial charge >= 0.3 is 0 Å². The zero-order chi connectivity index (χ0) is 13.3. The minimum absolute atomic E-state index is 0.0423. The van der Waals surface area contributed by atoms with Crippen LogP contribution in [0.1, 0.15) is 26.3 Å². The first-order valence-electron chi connectivity index (χ1n) is 5.52. The summed E-state index contributed by atoms with van der Waals surface area (Å²) >= 11 is 11.9. The van der Waals surface area contributed by atoms with Crippen molar-refractivity contribution in [3.8, 4) is 0 Å². The molecule has 0 fully saturated rings. The molecule has 1 atom stereocenters. The molecular weight excluding hydrogens is 260 g/mol. The van der Waals surface area contributed by atoms with Gasteiger partial charge in [0.2, 0.25) is 0 Å². The molecule has 1 nitrogen and oxygen atoms in total. The van der Waals surface area contributed by atoms with Crippen LogP contribution >= 0.6 is 23.2 Å². The third-order valence-electron chi connectivity index (χ3n) is 3.15. The largest absolute Gasteiger partial charge is 0.327 e. The molecule has 0 saturated carbocycles. The molecule has 0 heterocycles. The summed E-state index contributed by atoms with van der Waals surface area (Å²) in [5.74, 6) is 0. The second-order valence-electron chi connectivity index (χ2n) is 5.33.